The smallest absolute Gasteiger partial charge is 0.321 e. The van der Waals surface area contributed by atoms with Gasteiger partial charge in [-0.2, -0.15) is 5.10 Å². The molecule has 2 N–H and O–H groups in total. The van der Waals surface area contributed by atoms with Gasteiger partial charge in [0.05, 0.1) is 0 Å². The fourth-order valence-electron chi connectivity index (χ4n) is 3.56. The van der Waals surface area contributed by atoms with E-state index in [1.807, 2.05) is 11.0 Å². The van der Waals surface area contributed by atoms with Gasteiger partial charge in [0.15, 0.2) is 5.82 Å². The standard InChI is InChI=1S/C20H27N5O/c1-3-15-12-17(7-4-14(15)2)21-20(26)25-10-8-24(9-11-25)19-13-18(22-23-19)16-5-6-16/h4,7,12-13,16H,3,5-6,8-11H2,1-2H3,(H,21,26)(H,22,23). The molecule has 6 heteroatoms. The van der Waals surface area contributed by atoms with Crippen molar-refractivity contribution in [2.24, 2.45) is 0 Å². The number of aryl methyl sites for hydroxylation is 2. The number of benzene rings is 1. The average Bonchev–Trinajstić information content (AvgIpc) is 3.40. The summed E-state index contributed by atoms with van der Waals surface area (Å²) in [6.07, 6.45) is 3.52. The number of anilines is 2. The zero-order valence-electron chi connectivity index (χ0n) is 15.6. The fraction of sp³-hybridized carbons (Fsp3) is 0.500. The van der Waals surface area contributed by atoms with Gasteiger partial charge in [0.2, 0.25) is 0 Å². The quantitative estimate of drug-likeness (QED) is 0.884. The van der Waals surface area contributed by atoms with Gasteiger partial charge in [0.1, 0.15) is 0 Å². The van der Waals surface area contributed by atoms with E-state index in [0.29, 0.717) is 19.0 Å². The SMILES string of the molecule is CCc1cc(NC(=O)N2CCN(c3cc(C4CC4)[nH]n3)CC2)ccc1C. The highest BCUT2D eigenvalue weighted by atomic mass is 16.2. The van der Waals surface area contributed by atoms with Crippen LogP contribution in [0.15, 0.2) is 24.3 Å². The summed E-state index contributed by atoms with van der Waals surface area (Å²) in [5, 5.41) is 10.7. The van der Waals surface area contributed by atoms with E-state index >= 15 is 0 Å². The van der Waals surface area contributed by atoms with Crippen molar-refractivity contribution in [2.75, 3.05) is 36.4 Å². The number of rotatable bonds is 4. The van der Waals surface area contributed by atoms with Crippen molar-refractivity contribution in [3.05, 3.63) is 41.1 Å². The Kier molecular flexibility index (Phi) is 4.57. The second-order valence-corrected chi connectivity index (χ2v) is 7.35. The van der Waals surface area contributed by atoms with Crippen molar-refractivity contribution in [1.29, 1.82) is 0 Å². The van der Waals surface area contributed by atoms with Crippen LogP contribution in [0.4, 0.5) is 16.3 Å². The van der Waals surface area contributed by atoms with Crippen molar-refractivity contribution < 1.29 is 4.79 Å². The number of hydrogen-bond donors (Lipinski definition) is 2. The number of piperazine rings is 1. The molecule has 138 valence electrons. The van der Waals surface area contributed by atoms with Crippen LogP contribution in [-0.2, 0) is 6.42 Å². The van der Waals surface area contributed by atoms with Crippen molar-refractivity contribution in [3.63, 3.8) is 0 Å². The maximum absolute atomic E-state index is 12.6. The molecule has 1 aliphatic carbocycles. The molecule has 0 atom stereocenters. The molecular formula is C20H27N5O. The van der Waals surface area contributed by atoms with E-state index < -0.39 is 0 Å². The van der Waals surface area contributed by atoms with E-state index in [0.717, 1.165) is 31.0 Å². The van der Waals surface area contributed by atoms with E-state index in [4.69, 9.17) is 0 Å². The lowest BCUT2D eigenvalue weighted by Gasteiger charge is -2.34. The van der Waals surface area contributed by atoms with Gasteiger partial charge in [-0.3, -0.25) is 5.10 Å². The first-order valence-electron chi connectivity index (χ1n) is 9.59. The van der Waals surface area contributed by atoms with Crippen LogP contribution < -0.4 is 10.2 Å². The second-order valence-electron chi connectivity index (χ2n) is 7.35. The molecule has 2 fully saturated rings. The van der Waals surface area contributed by atoms with E-state index in [2.05, 4.69) is 52.5 Å². The summed E-state index contributed by atoms with van der Waals surface area (Å²) in [4.78, 5) is 16.7. The molecular weight excluding hydrogens is 326 g/mol. The summed E-state index contributed by atoms with van der Waals surface area (Å²) < 4.78 is 0. The Hall–Kier alpha value is -2.50. The summed E-state index contributed by atoms with van der Waals surface area (Å²) in [7, 11) is 0. The lowest BCUT2D eigenvalue weighted by molar-refractivity contribution is 0.208. The number of aromatic nitrogens is 2. The van der Waals surface area contributed by atoms with E-state index in [9.17, 15) is 4.79 Å². The number of amides is 2. The highest BCUT2D eigenvalue weighted by Gasteiger charge is 2.27. The molecule has 6 nitrogen and oxygen atoms in total. The third-order valence-electron chi connectivity index (χ3n) is 5.47. The van der Waals surface area contributed by atoms with Crippen molar-refractivity contribution in [3.8, 4) is 0 Å². The van der Waals surface area contributed by atoms with E-state index in [1.54, 1.807) is 0 Å². The molecule has 0 unspecified atom stereocenters. The van der Waals surface area contributed by atoms with Gasteiger partial charge in [-0.25, -0.2) is 4.79 Å². The number of urea groups is 1. The minimum absolute atomic E-state index is 0.0174. The molecule has 2 aliphatic rings. The predicted molar refractivity (Wildman–Crippen MR) is 104 cm³/mol. The molecule has 2 heterocycles. The van der Waals surface area contributed by atoms with Crippen LogP contribution in [0.3, 0.4) is 0 Å². The number of hydrogen-bond acceptors (Lipinski definition) is 3. The highest BCUT2D eigenvalue weighted by molar-refractivity contribution is 5.89. The summed E-state index contributed by atoms with van der Waals surface area (Å²) >= 11 is 0. The lowest BCUT2D eigenvalue weighted by atomic mass is 10.1. The summed E-state index contributed by atoms with van der Waals surface area (Å²) in [5.41, 5.74) is 4.67. The Morgan fingerprint density at radius 3 is 2.69 bits per heavy atom. The molecule has 2 amide bonds. The van der Waals surface area contributed by atoms with Gasteiger partial charge in [-0.05, 0) is 49.4 Å². The molecule has 1 saturated heterocycles. The van der Waals surface area contributed by atoms with Crippen LogP contribution in [0.2, 0.25) is 0 Å². The third kappa shape index (κ3) is 3.54. The van der Waals surface area contributed by atoms with Gasteiger partial charge in [0.25, 0.3) is 0 Å². The predicted octanol–water partition coefficient (Wildman–Crippen LogP) is 3.51. The van der Waals surface area contributed by atoms with Crippen LogP contribution in [0.25, 0.3) is 0 Å². The number of H-pyrrole nitrogens is 1. The van der Waals surface area contributed by atoms with Gasteiger partial charge in [-0.15, -0.1) is 0 Å². The Morgan fingerprint density at radius 2 is 2.00 bits per heavy atom. The van der Waals surface area contributed by atoms with Crippen LogP contribution >= 0.6 is 0 Å². The maximum Gasteiger partial charge on any atom is 0.321 e. The normalized spacial score (nSPS) is 17.5. The maximum atomic E-state index is 12.6. The highest BCUT2D eigenvalue weighted by Crippen LogP contribution is 2.39. The average molecular weight is 353 g/mol. The Balaban J connectivity index is 1.32. The summed E-state index contributed by atoms with van der Waals surface area (Å²) in [6, 6.07) is 8.28. The summed E-state index contributed by atoms with van der Waals surface area (Å²) in [5.74, 6) is 1.70. The van der Waals surface area contributed by atoms with Gasteiger partial charge in [-0.1, -0.05) is 13.0 Å². The first kappa shape index (κ1) is 16.9. The Labute approximate surface area is 154 Å². The zero-order valence-corrected chi connectivity index (χ0v) is 15.6. The number of carbonyl (C=O) groups is 1. The zero-order chi connectivity index (χ0) is 18.1. The lowest BCUT2D eigenvalue weighted by Crippen LogP contribution is -2.50. The molecule has 2 aromatic rings. The second kappa shape index (κ2) is 7.02. The molecule has 0 bridgehead atoms. The van der Waals surface area contributed by atoms with Crippen LogP contribution in [0.5, 0.6) is 0 Å². The van der Waals surface area contributed by atoms with Gasteiger partial charge < -0.3 is 15.1 Å². The number of nitrogens with zero attached hydrogens (tertiary/aromatic N) is 3. The van der Waals surface area contributed by atoms with Crippen LogP contribution in [0.1, 0.15) is 42.5 Å². The van der Waals surface area contributed by atoms with Crippen molar-refractivity contribution in [1.82, 2.24) is 15.1 Å². The van der Waals surface area contributed by atoms with E-state index in [1.165, 1.54) is 29.7 Å². The molecule has 0 radical (unpaired) electrons. The number of aromatic amines is 1. The van der Waals surface area contributed by atoms with Crippen LogP contribution in [-0.4, -0.2) is 47.3 Å². The fourth-order valence-corrected chi connectivity index (χ4v) is 3.56. The minimum Gasteiger partial charge on any atom is -0.352 e. The number of carbonyl (C=O) groups excluding carboxylic acids is 1. The third-order valence-corrected chi connectivity index (χ3v) is 5.47. The van der Waals surface area contributed by atoms with Gasteiger partial charge in [0, 0.05) is 49.5 Å². The number of nitrogens with one attached hydrogen (secondary N) is 2. The van der Waals surface area contributed by atoms with Crippen molar-refractivity contribution >= 4 is 17.5 Å². The largest absolute Gasteiger partial charge is 0.352 e. The first-order chi connectivity index (χ1) is 12.6. The molecule has 26 heavy (non-hydrogen) atoms. The van der Waals surface area contributed by atoms with Crippen LogP contribution in [0, 0.1) is 6.92 Å². The molecule has 0 spiro atoms. The molecule has 1 saturated carbocycles. The monoisotopic (exact) mass is 353 g/mol. The van der Waals surface area contributed by atoms with Crippen molar-refractivity contribution in [2.45, 2.75) is 39.0 Å². The minimum atomic E-state index is -0.0174. The van der Waals surface area contributed by atoms with E-state index in [-0.39, 0.29) is 6.03 Å². The molecule has 4 rings (SSSR count). The summed E-state index contributed by atoms with van der Waals surface area (Å²) in [6.45, 7) is 7.30. The Bertz CT molecular complexity index is 787. The molecule has 1 aliphatic heterocycles. The van der Waals surface area contributed by atoms with Gasteiger partial charge >= 0.3 is 6.03 Å². The topological polar surface area (TPSA) is 64.3 Å². The first-order valence-corrected chi connectivity index (χ1v) is 9.59. The Morgan fingerprint density at radius 1 is 1.23 bits per heavy atom. The molecule has 1 aromatic carbocycles. The molecule has 1 aromatic heterocycles.